The number of Topliss-reactive ketones (excluding diaryl/α,β-unsaturated/α-hetero) is 2. The summed E-state index contributed by atoms with van der Waals surface area (Å²) in [4.78, 5) is 41.9. The van der Waals surface area contributed by atoms with Crippen molar-refractivity contribution in [2.24, 2.45) is 23.5 Å². The number of hydrogen-bond donors (Lipinski definition) is 5. The Morgan fingerprint density at radius 3 is 2.20 bits per heavy atom. The minimum Gasteiger partial charge on any atom is -0.510 e. The number of fused-ring (bicyclic) bond motifs is 3. The fraction of sp³-hybridized carbons (Fsp3) is 0.552. The highest BCUT2D eigenvalue weighted by atomic mass is 19.4. The summed E-state index contributed by atoms with van der Waals surface area (Å²) >= 11 is 0. The van der Waals surface area contributed by atoms with Crippen molar-refractivity contribution in [2.45, 2.75) is 56.2 Å². The molecule has 4 aliphatic rings. The second-order valence-corrected chi connectivity index (χ2v) is 12.3. The van der Waals surface area contributed by atoms with Gasteiger partial charge in [0.2, 0.25) is 5.78 Å². The Kier molecular flexibility index (Phi) is 7.81. The third kappa shape index (κ3) is 5.06. The first-order chi connectivity index (χ1) is 20.7. The third-order valence-corrected chi connectivity index (χ3v) is 9.53. The molecule has 1 saturated heterocycles. The number of rotatable bonds is 4. The van der Waals surface area contributed by atoms with E-state index in [9.17, 15) is 61.2 Å². The molecule has 1 aromatic rings. The summed E-state index contributed by atoms with van der Waals surface area (Å²) in [5.74, 6) is -11.3. The van der Waals surface area contributed by atoms with Gasteiger partial charge in [0, 0.05) is 18.0 Å². The SMILES string of the molecule is CN(C)[C@@H]1C(O)=C(C(N)=O)C(=O)[C@@]2(O)C(O)=C3C(=O)c4c(O)cc(CN5CCC(C(F)(F)F)CC5)c(C(F)(F)F)c4C[C@H]3C[C@@H]12. The van der Waals surface area contributed by atoms with Crippen molar-refractivity contribution in [3.8, 4) is 5.75 Å². The van der Waals surface area contributed by atoms with Gasteiger partial charge in [-0.2, -0.15) is 26.3 Å². The van der Waals surface area contributed by atoms with Crippen molar-refractivity contribution in [2.75, 3.05) is 27.2 Å². The molecule has 10 nitrogen and oxygen atoms in total. The molecule has 0 spiro atoms. The second kappa shape index (κ2) is 10.7. The topological polar surface area (TPSA) is 165 Å². The van der Waals surface area contributed by atoms with Gasteiger partial charge in [0.15, 0.2) is 11.4 Å². The average Bonchev–Trinajstić information content (AvgIpc) is 2.89. The number of alkyl halides is 6. The van der Waals surface area contributed by atoms with E-state index in [0.29, 0.717) is 6.07 Å². The lowest BCUT2D eigenvalue weighted by atomic mass is 9.58. The van der Waals surface area contributed by atoms with Crippen LogP contribution in [0.15, 0.2) is 28.7 Å². The molecule has 16 heteroatoms. The van der Waals surface area contributed by atoms with Gasteiger partial charge in [-0.3, -0.25) is 24.2 Å². The molecule has 4 atom stereocenters. The van der Waals surface area contributed by atoms with Crippen LogP contribution in [0.2, 0.25) is 0 Å². The van der Waals surface area contributed by atoms with Crippen LogP contribution in [0.25, 0.3) is 0 Å². The zero-order chi connectivity index (χ0) is 33.5. The molecule has 1 aliphatic heterocycles. The van der Waals surface area contributed by atoms with Crippen LogP contribution < -0.4 is 5.73 Å². The van der Waals surface area contributed by atoms with E-state index in [1.54, 1.807) is 0 Å². The lowest BCUT2D eigenvalue weighted by Crippen LogP contribution is -2.63. The number of benzene rings is 1. The molecular formula is C29H31F6N3O7. The molecule has 0 saturated carbocycles. The summed E-state index contributed by atoms with van der Waals surface area (Å²) in [5.41, 5.74) is -2.40. The summed E-state index contributed by atoms with van der Waals surface area (Å²) in [6.07, 6.45) is -11.1. The van der Waals surface area contributed by atoms with E-state index < -0.39 is 129 Å². The highest BCUT2D eigenvalue weighted by molar-refractivity contribution is 6.24. The number of hydrogen-bond acceptors (Lipinski definition) is 9. The van der Waals surface area contributed by atoms with Gasteiger partial charge in [-0.05, 0) is 76.0 Å². The van der Waals surface area contributed by atoms with Gasteiger partial charge < -0.3 is 26.2 Å². The van der Waals surface area contributed by atoms with E-state index in [1.807, 2.05) is 0 Å². The van der Waals surface area contributed by atoms with E-state index in [-0.39, 0.29) is 25.9 Å². The van der Waals surface area contributed by atoms with Crippen molar-refractivity contribution >= 4 is 17.5 Å². The van der Waals surface area contributed by atoms with Gasteiger partial charge >= 0.3 is 12.4 Å². The zero-order valence-electron chi connectivity index (χ0n) is 24.1. The molecule has 1 heterocycles. The lowest BCUT2D eigenvalue weighted by molar-refractivity contribution is -0.185. The first kappa shape index (κ1) is 32.8. The van der Waals surface area contributed by atoms with Gasteiger partial charge in [0.05, 0.1) is 23.1 Å². The molecule has 0 bridgehead atoms. The van der Waals surface area contributed by atoms with Gasteiger partial charge in [-0.1, -0.05) is 0 Å². The minimum atomic E-state index is -5.07. The number of primary amides is 1. The van der Waals surface area contributed by atoms with Crippen molar-refractivity contribution in [3.05, 3.63) is 51.0 Å². The number of amides is 1. The number of allylic oxidation sites excluding steroid dienone is 1. The number of likely N-dealkylation sites (tertiary alicyclic amines) is 1. The molecule has 1 aromatic carbocycles. The molecular weight excluding hydrogens is 616 g/mol. The lowest BCUT2D eigenvalue weighted by Gasteiger charge is -2.50. The number of piperidine rings is 1. The molecule has 3 aliphatic carbocycles. The fourth-order valence-electron chi connectivity index (χ4n) is 7.53. The van der Waals surface area contributed by atoms with Gasteiger partial charge in [0.1, 0.15) is 22.8 Å². The van der Waals surface area contributed by atoms with E-state index in [1.165, 1.54) is 23.9 Å². The number of aromatic hydroxyl groups is 1. The molecule has 1 amide bonds. The Morgan fingerprint density at radius 2 is 1.69 bits per heavy atom. The van der Waals surface area contributed by atoms with E-state index in [2.05, 4.69) is 0 Å². The second-order valence-electron chi connectivity index (χ2n) is 12.3. The molecule has 246 valence electrons. The molecule has 45 heavy (non-hydrogen) atoms. The highest BCUT2D eigenvalue weighted by Gasteiger charge is 2.63. The number of ketones is 2. The Balaban J connectivity index is 1.61. The quantitative estimate of drug-likeness (QED) is 0.244. The van der Waals surface area contributed by atoms with Crippen LogP contribution >= 0.6 is 0 Å². The summed E-state index contributed by atoms with van der Waals surface area (Å²) < 4.78 is 83.4. The maximum absolute atomic E-state index is 14.7. The van der Waals surface area contributed by atoms with Crippen molar-refractivity contribution in [1.82, 2.24) is 9.80 Å². The number of nitrogens with two attached hydrogens (primary N) is 1. The summed E-state index contributed by atoms with van der Waals surface area (Å²) in [6, 6.07) is -0.607. The Morgan fingerprint density at radius 1 is 1.09 bits per heavy atom. The first-order valence-corrected chi connectivity index (χ1v) is 14.1. The van der Waals surface area contributed by atoms with Crippen molar-refractivity contribution < 1.29 is 61.2 Å². The average molecular weight is 648 g/mol. The van der Waals surface area contributed by atoms with Crippen LogP contribution in [0, 0.1) is 17.8 Å². The summed E-state index contributed by atoms with van der Waals surface area (Å²) in [5, 5.41) is 44.6. The molecule has 1 fully saturated rings. The maximum Gasteiger partial charge on any atom is 0.417 e. The predicted molar refractivity (Wildman–Crippen MR) is 143 cm³/mol. The number of likely N-dealkylation sites (N-methyl/N-ethyl adjacent to an activating group) is 1. The maximum atomic E-state index is 14.7. The minimum absolute atomic E-state index is 0.147. The van der Waals surface area contributed by atoms with E-state index >= 15 is 0 Å². The molecule has 0 unspecified atom stereocenters. The summed E-state index contributed by atoms with van der Waals surface area (Å²) in [6.45, 7) is -0.750. The number of phenols is 1. The van der Waals surface area contributed by atoms with Crippen LogP contribution in [0.5, 0.6) is 5.75 Å². The largest absolute Gasteiger partial charge is 0.510 e. The van der Waals surface area contributed by atoms with Crippen molar-refractivity contribution in [1.29, 1.82) is 0 Å². The summed E-state index contributed by atoms with van der Waals surface area (Å²) in [7, 11) is 2.83. The van der Waals surface area contributed by atoms with E-state index in [4.69, 9.17) is 5.73 Å². The number of aliphatic hydroxyl groups is 3. The first-order valence-electron chi connectivity index (χ1n) is 14.1. The van der Waals surface area contributed by atoms with Crippen LogP contribution in [0.3, 0.4) is 0 Å². The molecule has 5 rings (SSSR count). The number of phenolic OH excluding ortho intramolecular Hbond substituents is 1. The number of halogens is 6. The van der Waals surface area contributed by atoms with Gasteiger partial charge in [-0.25, -0.2) is 0 Å². The van der Waals surface area contributed by atoms with Gasteiger partial charge in [0.25, 0.3) is 5.91 Å². The molecule has 0 aromatic heterocycles. The smallest absolute Gasteiger partial charge is 0.417 e. The monoisotopic (exact) mass is 647 g/mol. The number of aliphatic hydroxyl groups excluding tert-OH is 2. The number of nitrogens with zero attached hydrogens (tertiary/aromatic N) is 2. The van der Waals surface area contributed by atoms with Crippen molar-refractivity contribution in [3.63, 3.8) is 0 Å². The van der Waals surface area contributed by atoms with Crippen LogP contribution in [-0.2, 0) is 28.7 Å². The Labute approximate surface area is 252 Å². The number of carbonyl (C=O) groups excluding carboxylic acids is 3. The highest BCUT2D eigenvalue weighted by Crippen LogP contribution is 2.54. The van der Waals surface area contributed by atoms with Crippen LogP contribution in [-0.4, -0.2) is 92.7 Å². The Bertz CT molecular complexity index is 1540. The van der Waals surface area contributed by atoms with E-state index in [0.717, 1.165) is 0 Å². The number of carbonyl (C=O) groups is 3. The normalized spacial score (nSPS) is 28.4. The van der Waals surface area contributed by atoms with Crippen LogP contribution in [0.1, 0.15) is 46.3 Å². The van der Waals surface area contributed by atoms with Crippen LogP contribution in [0.4, 0.5) is 26.3 Å². The zero-order valence-corrected chi connectivity index (χ0v) is 24.1. The Hall–Kier alpha value is -3.63. The molecule has 6 N–H and O–H groups in total. The van der Waals surface area contributed by atoms with Gasteiger partial charge in [-0.15, -0.1) is 0 Å². The predicted octanol–water partition coefficient (Wildman–Crippen LogP) is 2.91. The standard InChI is InChI=1S/C29H31F6N3O7/c1-37(2)21-15-8-11-7-14-18(22(40)17(11)24(42)27(15,45)25(43)19(23(21)41)26(36)44)16(39)9-12(20(14)29(33,34)35)10-38-5-3-13(4-6-38)28(30,31)32/h9,11,13,15,21,39,41-42,45H,3-8,10H2,1-2H3,(H2,36,44)/t11-,15-,21-,27-/m0/s1. The molecule has 0 radical (unpaired) electrons. The third-order valence-electron chi connectivity index (χ3n) is 9.53. The fourth-order valence-corrected chi connectivity index (χ4v) is 7.53.